The van der Waals surface area contributed by atoms with E-state index in [1.54, 1.807) is 6.92 Å². The molecule has 1 saturated heterocycles. The van der Waals surface area contributed by atoms with Crippen LogP contribution in [0.3, 0.4) is 0 Å². The number of carbonyl (C=O) groups excluding carboxylic acids is 2. The second-order valence-corrected chi connectivity index (χ2v) is 7.46. The molecule has 1 aromatic carbocycles. The average Bonchev–Trinajstić information content (AvgIpc) is 3.21. The third-order valence-electron chi connectivity index (χ3n) is 5.42. The minimum atomic E-state index is -0.792. The third kappa shape index (κ3) is 5.96. The predicted octanol–water partition coefficient (Wildman–Crippen LogP) is 3.36. The van der Waals surface area contributed by atoms with Crippen LogP contribution in [0, 0.1) is 5.92 Å². The monoisotopic (exact) mass is 374 g/mol. The van der Waals surface area contributed by atoms with Crippen LogP contribution in [-0.4, -0.2) is 44.3 Å². The Morgan fingerprint density at radius 2 is 1.85 bits per heavy atom. The summed E-state index contributed by atoms with van der Waals surface area (Å²) in [4.78, 5) is 26.5. The first-order valence-electron chi connectivity index (χ1n) is 10.0. The number of hydrogen-bond acceptors (Lipinski definition) is 5. The van der Waals surface area contributed by atoms with Crippen molar-refractivity contribution in [3.8, 4) is 0 Å². The van der Waals surface area contributed by atoms with Gasteiger partial charge in [-0.3, -0.25) is 9.59 Å². The van der Waals surface area contributed by atoms with Gasteiger partial charge in [0.05, 0.1) is 13.2 Å². The minimum Gasteiger partial charge on any atom is -0.453 e. The first-order valence-corrected chi connectivity index (χ1v) is 10.0. The third-order valence-corrected chi connectivity index (χ3v) is 5.42. The van der Waals surface area contributed by atoms with E-state index in [9.17, 15) is 9.59 Å². The predicted molar refractivity (Wildman–Crippen MR) is 105 cm³/mol. The van der Waals surface area contributed by atoms with Crippen molar-refractivity contribution < 1.29 is 19.1 Å². The maximum Gasteiger partial charge on any atom is 0.306 e. The number of nitrogens with zero attached hydrogens (tertiary/aromatic N) is 1. The summed E-state index contributed by atoms with van der Waals surface area (Å²) in [7, 11) is 0. The van der Waals surface area contributed by atoms with Gasteiger partial charge in [-0.25, -0.2) is 0 Å². The summed E-state index contributed by atoms with van der Waals surface area (Å²) < 4.78 is 10.7. The normalized spacial score (nSPS) is 18.9. The molecule has 3 rings (SSSR count). The molecule has 6 nitrogen and oxygen atoms in total. The van der Waals surface area contributed by atoms with E-state index in [4.69, 9.17) is 9.47 Å². The largest absolute Gasteiger partial charge is 0.453 e. The number of hydrogen-bond donors (Lipinski definition) is 1. The van der Waals surface area contributed by atoms with Crippen LogP contribution in [0.5, 0.6) is 0 Å². The molecule has 27 heavy (non-hydrogen) atoms. The fourth-order valence-corrected chi connectivity index (χ4v) is 3.75. The number of anilines is 2. The molecule has 0 unspecified atom stereocenters. The molecular formula is C21H30N2O4. The highest BCUT2D eigenvalue weighted by Gasteiger charge is 2.21. The van der Waals surface area contributed by atoms with Crippen LogP contribution in [0.2, 0.25) is 0 Å². The van der Waals surface area contributed by atoms with E-state index in [0.29, 0.717) is 18.0 Å². The van der Waals surface area contributed by atoms with Crippen molar-refractivity contribution in [1.82, 2.24) is 0 Å². The van der Waals surface area contributed by atoms with E-state index < -0.39 is 6.10 Å². The number of nitrogens with one attached hydrogen (secondary N) is 1. The first kappa shape index (κ1) is 19.7. The zero-order valence-corrected chi connectivity index (χ0v) is 16.1. The summed E-state index contributed by atoms with van der Waals surface area (Å²) in [6.07, 6.45) is 5.44. The molecule has 1 aliphatic carbocycles. The van der Waals surface area contributed by atoms with Gasteiger partial charge in [-0.2, -0.15) is 0 Å². The maximum atomic E-state index is 12.3. The fourth-order valence-electron chi connectivity index (χ4n) is 3.75. The second kappa shape index (κ2) is 9.74. The highest BCUT2D eigenvalue weighted by atomic mass is 16.5. The highest BCUT2D eigenvalue weighted by Crippen LogP contribution is 2.28. The van der Waals surface area contributed by atoms with E-state index >= 15 is 0 Å². The van der Waals surface area contributed by atoms with Crippen LogP contribution in [0.4, 0.5) is 11.4 Å². The van der Waals surface area contributed by atoms with Crippen molar-refractivity contribution >= 4 is 23.3 Å². The summed E-state index contributed by atoms with van der Waals surface area (Å²) in [5.41, 5.74) is 1.81. The molecule has 1 amide bonds. The van der Waals surface area contributed by atoms with Gasteiger partial charge in [-0.15, -0.1) is 0 Å². The van der Waals surface area contributed by atoms with Gasteiger partial charge in [-0.1, -0.05) is 25.7 Å². The quantitative estimate of drug-likeness (QED) is 0.741. The summed E-state index contributed by atoms with van der Waals surface area (Å²) >= 11 is 0. The number of ether oxygens (including phenoxy) is 2. The molecule has 1 heterocycles. The van der Waals surface area contributed by atoms with Crippen LogP contribution in [0.25, 0.3) is 0 Å². The number of carbonyl (C=O) groups is 2. The summed E-state index contributed by atoms with van der Waals surface area (Å²) in [5.74, 6) is 0.0576. The molecule has 1 aliphatic heterocycles. The van der Waals surface area contributed by atoms with Crippen LogP contribution >= 0.6 is 0 Å². The lowest BCUT2D eigenvalue weighted by Crippen LogP contribution is -2.36. The molecule has 1 saturated carbocycles. The SMILES string of the molecule is C[C@H](OC(=O)CCC1CCCC1)C(=O)Nc1ccc(N2CCOCC2)cc1. The van der Waals surface area contributed by atoms with Gasteiger partial charge in [0, 0.05) is 30.9 Å². The Morgan fingerprint density at radius 1 is 1.19 bits per heavy atom. The maximum absolute atomic E-state index is 12.3. The molecular weight excluding hydrogens is 344 g/mol. The Morgan fingerprint density at radius 3 is 2.52 bits per heavy atom. The number of morpholine rings is 1. The molecule has 6 heteroatoms. The molecule has 1 aromatic rings. The van der Waals surface area contributed by atoms with Crippen molar-refractivity contribution in [3.63, 3.8) is 0 Å². The Kier molecular flexibility index (Phi) is 7.10. The second-order valence-electron chi connectivity index (χ2n) is 7.46. The lowest BCUT2D eigenvalue weighted by atomic mass is 10.0. The smallest absolute Gasteiger partial charge is 0.306 e. The van der Waals surface area contributed by atoms with Crippen molar-refractivity contribution in [1.29, 1.82) is 0 Å². The molecule has 148 valence electrons. The zero-order valence-electron chi connectivity index (χ0n) is 16.1. The summed E-state index contributed by atoms with van der Waals surface area (Å²) in [5, 5.41) is 2.82. The van der Waals surface area contributed by atoms with E-state index in [1.165, 1.54) is 25.7 Å². The van der Waals surface area contributed by atoms with Gasteiger partial charge >= 0.3 is 5.97 Å². The van der Waals surface area contributed by atoms with Crippen LogP contribution in [0.1, 0.15) is 45.4 Å². The van der Waals surface area contributed by atoms with Gasteiger partial charge in [0.15, 0.2) is 6.10 Å². The van der Waals surface area contributed by atoms with Crippen LogP contribution < -0.4 is 10.2 Å². The average molecular weight is 374 g/mol. The van der Waals surface area contributed by atoms with Crippen molar-refractivity contribution in [3.05, 3.63) is 24.3 Å². The van der Waals surface area contributed by atoms with Gasteiger partial charge < -0.3 is 19.7 Å². The Balaban J connectivity index is 1.42. The van der Waals surface area contributed by atoms with E-state index in [2.05, 4.69) is 10.2 Å². The highest BCUT2D eigenvalue weighted by molar-refractivity contribution is 5.95. The molecule has 2 aliphatic rings. The summed E-state index contributed by atoms with van der Waals surface area (Å²) in [6.45, 7) is 4.84. The molecule has 0 bridgehead atoms. The number of esters is 1. The van der Waals surface area contributed by atoms with Crippen molar-refractivity contribution in [2.24, 2.45) is 5.92 Å². The number of rotatable bonds is 7. The molecule has 1 atom stereocenters. The number of amides is 1. The Labute approximate surface area is 161 Å². The molecule has 1 N–H and O–H groups in total. The topological polar surface area (TPSA) is 67.9 Å². The van der Waals surface area contributed by atoms with Gasteiger partial charge in [0.25, 0.3) is 5.91 Å². The van der Waals surface area contributed by atoms with Crippen LogP contribution in [-0.2, 0) is 19.1 Å². The minimum absolute atomic E-state index is 0.285. The van der Waals surface area contributed by atoms with E-state index in [1.807, 2.05) is 24.3 Å². The Bertz CT molecular complexity index is 620. The lowest BCUT2D eigenvalue weighted by molar-refractivity contribution is -0.153. The summed E-state index contributed by atoms with van der Waals surface area (Å²) in [6, 6.07) is 7.72. The van der Waals surface area contributed by atoms with Crippen molar-refractivity contribution in [2.75, 3.05) is 36.5 Å². The molecule has 0 aromatic heterocycles. The van der Waals surface area contributed by atoms with Crippen LogP contribution in [0.15, 0.2) is 24.3 Å². The Hall–Kier alpha value is -2.08. The zero-order chi connectivity index (χ0) is 19.1. The first-order chi connectivity index (χ1) is 13.1. The van der Waals surface area contributed by atoms with Gasteiger partial charge in [0.1, 0.15) is 0 Å². The lowest BCUT2D eigenvalue weighted by Gasteiger charge is -2.28. The van der Waals surface area contributed by atoms with E-state index in [-0.39, 0.29) is 11.9 Å². The van der Waals surface area contributed by atoms with Crippen molar-refractivity contribution in [2.45, 2.75) is 51.6 Å². The standard InChI is InChI=1S/C21H30N2O4/c1-16(27-20(24)11-6-17-4-2-3-5-17)21(25)22-18-7-9-19(10-8-18)23-12-14-26-15-13-23/h7-10,16-17H,2-6,11-15H2,1H3,(H,22,25)/t16-/m0/s1. The number of benzene rings is 1. The van der Waals surface area contributed by atoms with Gasteiger partial charge in [-0.05, 0) is 43.5 Å². The fraction of sp³-hybridized carbons (Fsp3) is 0.619. The van der Waals surface area contributed by atoms with E-state index in [0.717, 1.165) is 38.4 Å². The molecule has 0 spiro atoms. The molecule has 2 fully saturated rings. The molecule has 0 radical (unpaired) electrons. The van der Waals surface area contributed by atoms with Gasteiger partial charge in [0.2, 0.25) is 0 Å².